The lowest BCUT2D eigenvalue weighted by atomic mass is 9.96. The summed E-state index contributed by atoms with van der Waals surface area (Å²) in [6.07, 6.45) is 6.37. The van der Waals surface area contributed by atoms with Crippen molar-refractivity contribution in [3.05, 3.63) is 42.7 Å². The minimum Gasteiger partial charge on any atom is -0.352 e. The lowest BCUT2D eigenvalue weighted by molar-refractivity contribution is -0.127. The molecule has 1 N–H and O–H groups in total. The Balaban J connectivity index is 1.75. The third-order valence-electron chi connectivity index (χ3n) is 3.58. The van der Waals surface area contributed by atoms with E-state index in [1.54, 1.807) is 29.4 Å². The van der Waals surface area contributed by atoms with E-state index in [2.05, 4.69) is 16.9 Å². The second-order valence-electron chi connectivity index (χ2n) is 4.92. The summed E-state index contributed by atoms with van der Waals surface area (Å²) < 4.78 is 0. The molecule has 1 aliphatic rings. The third kappa shape index (κ3) is 3.66. The summed E-state index contributed by atoms with van der Waals surface area (Å²) in [7, 11) is 0. The van der Waals surface area contributed by atoms with Gasteiger partial charge in [0, 0.05) is 32.0 Å². The molecule has 20 heavy (non-hydrogen) atoms. The number of rotatable bonds is 4. The van der Waals surface area contributed by atoms with Crippen LogP contribution < -0.4 is 5.32 Å². The molecule has 0 saturated carbocycles. The summed E-state index contributed by atoms with van der Waals surface area (Å²) in [6, 6.07) is 3.49. The fourth-order valence-corrected chi connectivity index (χ4v) is 2.32. The van der Waals surface area contributed by atoms with Crippen LogP contribution in [0.3, 0.4) is 0 Å². The Bertz CT molecular complexity index is 479. The van der Waals surface area contributed by atoms with Crippen molar-refractivity contribution >= 4 is 11.8 Å². The first-order valence-corrected chi connectivity index (χ1v) is 6.80. The van der Waals surface area contributed by atoms with E-state index in [1.807, 2.05) is 0 Å². The van der Waals surface area contributed by atoms with Gasteiger partial charge >= 0.3 is 0 Å². The topological polar surface area (TPSA) is 62.3 Å². The average molecular weight is 273 g/mol. The molecule has 1 fully saturated rings. The summed E-state index contributed by atoms with van der Waals surface area (Å²) in [5.74, 6) is 0.315. The van der Waals surface area contributed by atoms with Crippen molar-refractivity contribution in [2.45, 2.75) is 12.8 Å². The van der Waals surface area contributed by atoms with Crippen LogP contribution in [0, 0.1) is 5.92 Å². The predicted molar refractivity (Wildman–Crippen MR) is 76.1 cm³/mol. The molecule has 0 radical (unpaired) electrons. The van der Waals surface area contributed by atoms with Crippen LogP contribution in [-0.2, 0) is 4.79 Å². The summed E-state index contributed by atoms with van der Waals surface area (Å²) in [5, 5.41) is 2.92. The van der Waals surface area contributed by atoms with Gasteiger partial charge in [-0.3, -0.25) is 14.6 Å². The molecule has 2 amide bonds. The van der Waals surface area contributed by atoms with E-state index in [-0.39, 0.29) is 11.8 Å². The lowest BCUT2D eigenvalue weighted by Gasteiger charge is -2.31. The Hall–Kier alpha value is -2.17. The molecule has 5 nitrogen and oxygen atoms in total. The Labute approximate surface area is 118 Å². The van der Waals surface area contributed by atoms with E-state index < -0.39 is 0 Å². The fourth-order valence-electron chi connectivity index (χ4n) is 2.32. The molecule has 1 aliphatic heterocycles. The molecule has 0 atom stereocenters. The van der Waals surface area contributed by atoms with Crippen LogP contribution in [0.25, 0.3) is 0 Å². The number of hydrogen-bond donors (Lipinski definition) is 1. The van der Waals surface area contributed by atoms with Crippen LogP contribution in [0.15, 0.2) is 37.2 Å². The van der Waals surface area contributed by atoms with Crippen molar-refractivity contribution in [1.82, 2.24) is 15.2 Å². The highest BCUT2D eigenvalue weighted by Gasteiger charge is 2.21. The molecule has 5 heteroatoms. The summed E-state index contributed by atoms with van der Waals surface area (Å²) >= 11 is 0. The Morgan fingerprint density at radius 2 is 2.20 bits per heavy atom. The molecule has 0 spiro atoms. The predicted octanol–water partition coefficient (Wildman–Crippen LogP) is 1.24. The van der Waals surface area contributed by atoms with Crippen molar-refractivity contribution in [3.8, 4) is 0 Å². The lowest BCUT2D eigenvalue weighted by Crippen LogP contribution is -2.40. The van der Waals surface area contributed by atoms with Gasteiger partial charge in [-0.2, -0.15) is 0 Å². The maximum atomic E-state index is 11.9. The molecule has 1 saturated heterocycles. The smallest absolute Gasteiger partial charge is 0.252 e. The van der Waals surface area contributed by atoms with Crippen molar-refractivity contribution in [2.75, 3.05) is 19.6 Å². The van der Waals surface area contributed by atoms with Crippen molar-refractivity contribution in [2.24, 2.45) is 5.92 Å². The highest BCUT2D eigenvalue weighted by atomic mass is 16.2. The Kier molecular flexibility index (Phi) is 4.87. The van der Waals surface area contributed by atoms with Crippen LogP contribution in [0.5, 0.6) is 0 Å². The van der Waals surface area contributed by atoms with Gasteiger partial charge in [0.25, 0.3) is 5.91 Å². The van der Waals surface area contributed by atoms with Gasteiger partial charge in [-0.15, -0.1) is 0 Å². The van der Waals surface area contributed by atoms with Crippen molar-refractivity contribution in [3.63, 3.8) is 0 Å². The average Bonchev–Trinajstić information content (AvgIpc) is 2.53. The second kappa shape index (κ2) is 6.84. The Morgan fingerprint density at radius 3 is 2.80 bits per heavy atom. The van der Waals surface area contributed by atoms with Crippen molar-refractivity contribution < 1.29 is 9.59 Å². The monoisotopic (exact) mass is 273 g/mol. The molecule has 2 rings (SSSR count). The second-order valence-corrected chi connectivity index (χ2v) is 4.92. The molecule has 1 aromatic heterocycles. The maximum absolute atomic E-state index is 11.9. The minimum atomic E-state index is -0.0947. The molecule has 1 aromatic rings. The highest BCUT2D eigenvalue weighted by Crippen LogP contribution is 2.16. The van der Waals surface area contributed by atoms with Gasteiger partial charge in [-0.25, -0.2) is 0 Å². The number of amides is 2. The molecule has 0 bridgehead atoms. The number of hydrogen-bond acceptors (Lipinski definition) is 3. The minimum absolute atomic E-state index is 0.0113. The first-order chi connectivity index (χ1) is 9.70. The van der Waals surface area contributed by atoms with E-state index >= 15 is 0 Å². The first-order valence-electron chi connectivity index (χ1n) is 6.80. The zero-order valence-electron chi connectivity index (χ0n) is 11.4. The molecule has 2 heterocycles. The van der Waals surface area contributed by atoms with Gasteiger partial charge in [0.15, 0.2) is 0 Å². The number of piperidine rings is 1. The summed E-state index contributed by atoms with van der Waals surface area (Å²) in [4.78, 5) is 29.1. The highest BCUT2D eigenvalue weighted by molar-refractivity contribution is 5.93. The van der Waals surface area contributed by atoms with E-state index in [4.69, 9.17) is 0 Å². The largest absolute Gasteiger partial charge is 0.352 e. The van der Waals surface area contributed by atoms with Gasteiger partial charge in [-0.1, -0.05) is 6.58 Å². The van der Waals surface area contributed by atoms with Crippen LogP contribution in [0.1, 0.15) is 23.2 Å². The van der Waals surface area contributed by atoms with Crippen LogP contribution in [0.2, 0.25) is 0 Å². The first kappa shape index (κ1) is 14.2. The van der Waals surface area contributed by atoms with E-state index in [0.717, 1.165) is 25.9 Å². The number of carbonyl (C=O) groups is 2. The number of likely N-dealkylation sites (tertiary alicyclic amines) is 1. The number of pyridine rings is 1. The third-order valence-corrected chi connectivity index (χ3v) is 3.58. The number of nitrogens with zero attached hydrogens (tertiary/aromatic N) is 2. The quantitative estimate of drug-likeness (QED) is 0.839. The summed E-state index contributed by atoms with van der Waals surface area (Å²) in [6.45, 7) is 5.61. The van der Waals surface area contributed by atoms with E-state index in [0.29, 0.717) is 18.0 Å². The number of aromatic nitrogens is 1. The van der Waals surface area contributed by atoms with E-state index in [1.165, 1.54) is 6.08 Å². The molecule has 0 aliphatic carbocycles. The van der Waals surface area contributed by atoms with Crippen molar-refractivity contribution in [1.29, 1.82) is 0 Å². The standard InChI is InChI=1S/C15H19N3O2/c1-2-14(19)18-8-5-12(6-9-18)10-17-15(20)13-4-3-7-16-11-13/h2-4,7,11-12H,1,5-6,8-10H2,(H,17,20). The van der Waals surface area contributed by atoms with Crippen LogP contribution in [-0.4, -0.2) is 41.3 Å². The SMILES string of the molecule is C=CC(=O)N1CCC(CNC(=O)c2cccnc2)CC1. The number of nitrogens with one attached hydrogen (secondary N) is 1. The zero-order chi connectivity index (χ0) is 14.4. The summed E-state index contributed by atoms with van der Waals surface area (Å²) in [5.41, 5.74) is 0.576. The van der Waals surface area contributed by atoms with Crippen LogP contribution in [0.4, 0.5) is 0 Å². The molecule has 0 unspecified atom stereocenters. The fraction of sp³-hybridized carbons (Fsp3) is 0.400. The molecule has 0 aromatic carbocycles. The number of carbonyl (C=O) groups excluding carboxylic acids is 2. The molecular weight excluding hydrogens is 254 g/mol. The van der Waals surface area contributed by atoms with Gasteiger partial charge in [-0.05, 0) is 37.0 Å². The van der Waals surface area contributed by atoms with Gasteiger partial charge in [0.2, 0.25) is 5.91 Å². The normalized spacial score (nSPS) is 15.7. The molecular formula is C15H19N3O2. The van der Waals surface area contributed by atoms with Gasteiger partial charge < -0.3 is 10.2 Å². The van der Waals surface area contributed by atoms with E-state index in [9.17, 15) is 9.59 Å². The zero-order valence-corrected chi connectivity index (χ0v) is 11.4. The Morgan fingerprint density at radius 1 is 1.45 bits per heavy atom. The van der Waals surface area contributed by atoms with Crippen LogP contribution >= 0.6 is 0 Å². The van der Waals surface area contributed by atoms with Gasteiger partial charge in [0.05, 0.1) is 5.56 Å². The maximum Gasteiger partial charge on any atom is 0.252 e. The van der Waals surface area contributed by atoms with Gasteiger partial charge in [0.1, 0.15) is 0 Å². The molecule has 106 valence electrons.